The second kappa shape index (κ2) is 11.8. The molecule has 8 nitrogen and oxygen atoms in total. The molecule has 2 aromatic rings. The Kier molecular flexibility index (Phi) is 9.76. The smallest absolute Gasteiger partial charge is 0.240 e. The number of rotatable bonds is 7. The average Bonchev–Trinajstić information content (AvgIpc) is 3.26. The lowest BCUT2D eigenvalue weighted by Crippen LogP contribution is -2.49. The first kappa shape index (κ1) is 25.6. The SMILES string of the molecule is CCNC(=NCCNS(=O)(=O)c1ccc(C)cc1)N1CCC(C)C(n2ccnc2)C1.I. The Morgan fingerprint density at radius 3 is 2.68 bits per heavy atom. The van der Waals surface area contributed by atoms with Gasteiger partial charge in [0.1, 0.15) is 0 Å². The molecule has 0 spiro atoms. The summed E-state index contributed by atoms with van der Waals surface area (Å²) in [6.07, 6.45) is 6.75. The van der Waals surface area contributed by atoms with Gasteiger partial charge < -0.3 is 14.8 Å². The van der Waals surface area contributed by atoms with Gasteiger partial charge >= 0.3 is 0 Å². The molecular formula is C21H33IN6O2S. The Balaban J connectivity index is 0.00000341. The Bertz CT molecular complexity index is 931. The minimum Gasteiger partial charge on any atom is -0.357 e. The van der Waals surface area contributed by atoms with Crippen molar-refractivity contribution in [2.45, 2.75) is 38.1 Å². The molecule has 3 rings (SSSR count). The van der Waals surface area contributed by atoms with Gasteiger partial charge in [-0.2, -0.15) is 0 Å². The summed E-state index contributed by atoms with van der Waals surface area (Å²) in [7, 11) is -3.52. The second-order valence-electron chi connectivity index (χ2n) is 7.74. The molecule has 1 fully saturated rings. The highest BCUT2D eigenvalue weighted by Gasteiger charge is 2.28. The third-order valence-corrected chi connectivity index (χ3v) is 6.93. The van der Waals surface area contributed by atoms with Crippen LogP contribution in [-0.4, -0.2) is 61.6 Å². The van der Waals surface area contributed by atoms with Crippen molar-refractivity contribution in [2.75, 3.05) is 32.7 Å². The lowest BCUT2D eigenvalue weighted by Gasteiger charge is -2.39. The highest BCUT2D eigenvalue weighted by Crippen LogP contribution is 2.27. The van der Waals surface area contributed by atoms with Gasteiger partial charge in [-0.05, 0) is 38.3 Å². The topological polar surface area (TPSA) is 91.6 Å². The van der Waals surface area contributed by atoms with Crippen LogP contribution in [0.4, 0.5) is 0 Å². The average molecular weight is 561 g/mol. The van der Waals surface area contributed by atoms with Gasteiger partial charge in [-0.25, -0.2) is 18.1 Å². The number of hydrogen-bond acceptors (Lipinski definition) is 4. The summed E-state index contributed by atoms with van der Waals surface area (Å²) in [6, 6.07) is 7.17. The molecule has 31 heavy (non-hydrogen) atoms. The van der Waals surface area contributed by atoms with Crippen LogP contribution in [0.25, 0.3) is 0 Å². The van der Waals surface area contributed by atoms with Crippen molar-refractivity contribution in [3.63, 3.8) is 0 Å². The number of nitrogens with one attached hydrogen (secondary N) is 2. The van der Waals surface area contributed by atoms with Gasteiger partial charge in [-0.15, -0.1) is 24.0 Å². The fourth-order valence-corrected chi connectivity index (χ4v) is 4.68. The lowest BCUT2D eigenvalue weighted by molar-refractivity contribution is 0.189. The molecular weight excluding hydrogens is 527 g/mol. The zero-order chi connectivity index (χ0) is 21.6. The molecule has 2 heterocycles. The molecule has 1 saturated heterocycles. The number of sulfonamides is 1. The standard InChI is InChI=1S/C21H32N6O2S.HI/c1-4-23-21(26-13-9-18(3)20(15-26)27-14-12-22-16-27)24-10-11-25-30(28,29)19-7-5-17(2)6-8-19;/h5-8,12,14,16,18,20,25H,4,9-11,13,15H2,1-3H3,(H,23,24);1H. The normalized spacial score (nSPS) is 19.7. The number of aryl methyl sites for hydroxylation is 1. The van der Waals surface area contributed by atoms with Crippen molar-refractivity contribution in [3.8, 4) is 0 Å². The molecule has 1 aliphatic heterocycles. The van der Waals surface area contributed by atoms with E-state index in [1.54, 1.807) is 24.3 Å². The van der Waals surface area contributed by atoms with Crippen LogP contribution in [0.3, 0.4) is 0 Å². The Morgan fingerprint density at radius 1 is 1.29 bits per heavy atom. The number of imidazole rings is 1. The minimum absolute atomic E-state index is 0. The molecule has 1 aliphatic rings. The molecule has 0 aliphatic carbocycles. The maximum atomic E-state index is 12.4. The molecule has 2 N–H and O–H groups in total. The van der Waals surface area contributed by atoms with Gasteiger partial charge in [0, 0.05) is 38.6 Å². The molecule has 0 bridgehead atoms. The summed E-state index contributed by atoms with van der Waals surface area (Å²) >= 11 is 0. The zero-order valence-corrected chi connectivity index (χ0v) is 21.5. The molecule has 0 amide bonds. The molecule has 2 unspecified atom stereocenters. The monoisotopic (exact) mass is 560 g/mol. The maximum Gasteiger partial charge on any atom is 0.240 e. The van der Waals surface area contributed by atoms with Crippen LogP contribution in [0.1, 0.15) is 31.9 Å². The number of likely N-dealkylation sites (tertiary alicyclic amines) is 1. The maximum absolute atomic E-state index is 12.4. The summed E-state index contributed by atoms with van der Waals surface area (Å²) in [4.78, 5) is 11.4. The molecule has 172 valence electrons. The fourth-order valence-electron chi connectivity index (χ4n) is 3.66. The molecule has 1 aromatic carbocycles. The summed E-state index contributed by atoms with van der Waals surface area (Å²) in [5.41, 5.74) is 1.03. The van der Waals surface area contributed by atoms with Gasteiger partial charge in [-0.3, -0.25) is 4.99 Å². The quantitative estimate of drug-likeness (QED) is 0.235. The van der Waals surface area contributed by atoms with Crippen LogP contribution in [-0.2, 0) is 10.0 Å². The molecule has 0 saturated carbocycles. The van der Waals surface area contributed by atoms with E-state index in [1.807, 2.05) is 32.6 Å². The number of hydrogen-bond donors (Lipinski definition) is 2. The largest absolute Gasteiger partial charge is 0.357 e. The van der Waals surface area contributed by atoms with Crippen LogP contribution < -0.4 is 10.0 Å². The summed E-state index contributed by atoms with van der Waals surface area (Å²) in [5.74, 6) is 1.38. The van der Waals surface area contributed by atoms with Gasteiger partial charge in [0.2, 0.25) is 10.0 Å². The summed E-state index contributed by atoms with van der Waals surface area (Å²) in [5, 5.41) is 3.34. The van der Waals surface area contributed by atoms with Gasteiger partial charge in [0.25, 0.3) is 0 Å². The third kappa shape index (κ3) is 6.91. The van der Waals surface area contributed by atoms with Gasteiger partial charge in [-0.1, -0.05) is 24.6 Å². The van der Waals surface area contributed by atoms with Crippen molar-refractivity contribution in [1.82, 2.24) is 24.5 Å². The van der Waals surface area contributed by atoms with E-state index in [0.29, 0.717) is 18.5 Å². The lowest BCUT2D eigenvalue weighted by atomic mass is 9.93. The number of piperidine rings is 1. The van der Waals surface area contributed by atoms with E-state index in [4.69, 9.17) is 0 Å². The van der Waals surface area contributed by atoms with Crippen LogP contribution >= 0.6 is 24.0 Å². The van der Waals surface area contributed by atoms with Crippen LogP contribution in [0.2, 0.25) is 0 Å². The van der Waals surface area contributed by atoms with E-state index in [9.17, 15) is 8.42 Å². The van der Waals surface area contributed by atoms with E-state index in [1.165, 1.54) is 0 Å². The number of nitrogens with zero attached hydrogens (tertiary/aromatic N) is 4. The van der Waals surface area contributed by atoms with Crippen molar-refractivity contribution >= 4 is 40.0 Å². The van der Waals surface area contributed by atoms with Crippen molar-refractivity contribution in [1.29, 1.82) is 0 Å². The van der Waals surface area contributed by atoms with Crippen LogP contribution in [0.15, 0.2) is 52.9 Å². The van der Waals surface area contributed by atoms with E-state index >= 15 is 0 Å². The van der Waals surface area contributed by atoms with Gasteiger partial charge in [0.15, 0.2) is 5.96 Å². The second-order valence-corrected chi connectivity index (χ2v) is 9.50. The van der Waals surface area contributed by atoms with Crippen molar-refractivity contribution in [2.24, 2.45) is 10.9 Å². The first-order valence-electron chi connectivity index (χ1n) is 10.5. The number of halogens is 1. The minimum atomic E-state index is -3.52. The number of guanidine groups is 1. The highest BCUT2D eigenvalue weighted by molar-refractivity contribution is 14.0. The molecule has 0 radical (unpaired) electrons. The Hall–Kier alpha value is -1.66. The molecule has 1 aromatic heterocycles. The first-order chi connectivity index (χ1) is 14.4. The first-order valence-corrected chi connectivity index (χ1v) is 12.0. The molecule has 10 heteroatoms. The third-order valence-electron chi connectivity index (χ3n) is 5.46. The van der Waals surface area contributed by atoms with Crippen LogP contribution in [0, 0.1) is 12.8 Å². The van der Waals surface area contributed by atoms with Crippen LogP contribution in [0.5, 0.6) is 0 Å². The fraction of sp³-hybridized carbons (Fsp3) is 0.524. The number of benzene rings is 1. The number of aromatic nitrogens is 2. The van der Waals surface area contributed by atoms with E-state index < -0.39 is 10.0 Å². The van der Waals surface area contributed by atoms with E-state index in [-0.39, 0.29) is 35.4 Å². The van der Waals surface area contributed by atoms with Crippen molar-refractivity contribution < 1.29 is 8.42 Å². The summed E-state index contributed by atoms with van der Waals surface area (Å²) < 4.78 is 29.7. The predicted octanol–water partition coefficient (Wildman–Crippen LogP) is 2.64. The van der Waals surface area contributed by atoms with Gasteiger partial charge in [0.05, 0.1) is 23.8 Å². The number of aliphatic imine (C=N–C) groups is 1. The van der Waals surface area contributed by atoms with E-state index in [0.717, 1.165) is 37.6 Å². The van der Waals surface area contributed by atoms with Crippen molar-refractivity contribution in [3.05, 3.63) is 48.5 Å². The zero-order valence-electron chi connectivity index (χ0n) is 18.4. The molecule has 2 atom stereocenters. The summed E-state index contributed by atoms with van der Waals surface area (Å²) in [6.45, 7) is 9.39. The van der Waals surface area contributed by atoms with E-state index in [2.05, 4.69) is 36.4 Å². The Morgan fingerprint density at radius 2 is 2.03 bits per heavy atom. The highest BCUT2D eigenvalue weighted by atomic mass is 127. The predicted molar refractivity (Wildman–Crippen MR) is 134 cm³/mol. The Labute approximate surface area is 202 Å².